The number of rotatable bonds is 7. The summed E-state index contributed by atoms with van der Waals surface area (Å²) >= 11 is 0. The molecular formula is C14H28N2O2. The summed E-state index contributed by atoms with van der Waals surface area (Å²) in [6, 6.07) is -0.445. The minimum Gasteiger partial charge on any atom is -0.345 e. The van der Waals surface area contributed by atoms with Crippen molar-refractivity contribution in [3.63, 3.8) is 0 Å². The number of carbonyl (C=O) groups excluding carboxylic acids is 2. The van der Waals surface area contributed by atoms with Crippen molar-refractivity contribution in [2.24, 2.45) is 11.8 Å². The normalized spacial score (nSPS) is 15.0. The SMILES string of the molecule is CC(C)NC(C(=O)N[C@@H](C)C(=O)C(C)C)C(C)C. The summed E-state index contributed by atoms with van der Waals surface area (Å²) < 4.78 is 0. The molecule has 4 nitrogen and oxygen atoms in total. The first-order valence-electron chi connectivity index (χ1n) is 6.77. The molecule has 0 fully saturated rings. The molecule has 0 aliphatic rings. The average Bonchev–Trinajstić information content (AvgIpc) is 2.23. The van der Waals surface area contributed by atoms with Crippen molar-refractivity contribution in [3.8, 4) is 0 Å². The van der Waals surface area contributed by atoms with E-state index < -0.39 is 6.04 Å². The standard InChI is InChI=1S/C14H28N2O2/c1-8(2)12(15-10(5)6)14(18)16-11(7)13(17)9(3)4/h8-12,15H,1-7H3,(H,16,18)/t11-,12?/m0/s1. The van der Waals surface area contributed by atoms with Gasteiger partial charge in [-0.15, -0.1) is 0 Å². The molecule has 0 aromatic carbocycles. The van der Waals surface area contributed by atoms with Crippen LogP contribution in [0.4, 0.5) is 0 Å². The fourth-order valence-electron chi connectivity index (χ4n) is 1.80. The molecule has 18 heavy (non-hydrogen) atoms. The Kier molecular flexibility index (Phi) is 7.14. The summed E-state index contributed by atoms with van der Waals surface area (Å²) in [7, 11) is 0. The summed E-state index contributed by atoms with van der Waals surface area (Å²) in [5, 5.41) is 6.03. The van der Waals surface area contributed by atoms with E-state index in [-0.39, 0.29) is 35.6 Å². The third kappa shape index (κ3) is 5.63. The Labute approximate surface area is 111 Å². The van der Waals surface area contributed by atoms with E-state index >= 15 is 0 Å². The summed E-state index contributed by atoms with van der Waals surface area (Å²) in [4.78, 5) is 23.9. The predicted molar refractivity (Wildman–Crippen MR) is 74.3 cm³/mol. The highest BCUT2D eigenvalue weighted by Crippen LogP contribution is 2.05. The van der Waals surface area contributed by atoms with E-state index in [1.54, 1.807) is 6.92 Å². The minimum atomic E-state index is -0.423. The van der Waals surface area contributed by atoms with E-state index in [0.717, 1.165) is 0 Å². The topological polar surface area (TPSA) is 58.2 Å². The van der Waals surface area contributed by atoms with Gasteiger partial charge in [-0.25, -0.2) is 0 Å². The summed E-state index contributed by atoms with van der Waals surface area (Å²) in [6.45, 7) is 13.4. The quantitative estimate of drug-likeness (QED) is 0.729. The van der Waals surface area contributed by atoms with Crippen molar-refractivity contribution in [3.05, 3.63) is 0 Å². The lowest BCUT2D eigenvalue weighted by atomic mass is 10.00. The molecule has 0 aliphatic heterocycles. The second-order valence-electron chi connectivity index (χ2n) is 5.83. The number of Topliss-reactive ketones (excluding diaryl/α,β-unsaturated/α-hetero) is 1. The van der Waals surface area contributed by atoms with E-state index in [0.29, 0.717) is 0 Å². The Morgan fingerprint density at radius 1 is 0.889 bits per heavy atom. The molecule has 106 valence electrons. The van der Waals surface area contributed by atoms with Gasteiger partial charge in [-0.3, -0.25) is 9.59 Å². The van der Waals surface area contributed by atoms with Crippen molar-refractivity contribution in [2.75, 3.05) is 0 Å². The number of ketones is 1. The van der Waals surface area contributed by atoms with Gasteiger partial charge >= 0.3 is 0 Å². The molecule has 0 saturated carbocycles. The van der Waals surface area contributed by atoms with Crippen LogP contribution >= 0.6 is 0 Å². The van der Waals surface area contributed by atoms with Crippen LogP contribution in [0.25, 0.3) is 0 Å². The zero-order chi connectivity index (χ0) is 14.5. The van der Waals surface area contributed by atoms with Gasteiger partial charge in [-0.1, -0.05) is 41.5 Å². The Morgan fingerprint density at radius 3 is 1.72 bits per heavy atom. The van der Waals surface area contributed by atoms with Gasteiger partial charge in [0.05, 0.1) is 12.1 Å². The summed E-state index contributed by atoms with van der Waals surface area (Å²) in [5.74, 6) is 0.0974. The van der Waals surface area contributed by atoms with E-state index in [1.807, 2.05) is 41.5 Å². The zero-order valence-corrected chi connectivity index (χ0v) is 12.7. The third-order valence-electron chi connectivity index (χ3n) is 2.82. The molecule has 2 N–H and O–H groups in total. The highest BCUT2D eigenvalue weighted by Gasteiger charge is 2.26. The maximum atomic E-state index is 12.1. The largest absolute Gasteiger partial charge is 0.345 e. The first kappa shape index (κ1) is 17.1. The molecule has 0 aliphatic carbocycles. The second-order valence-corrected chi connectivity index (χ2v) is 5.83. The number of amides is 1. The van der Waals surface area contributed by atoms with Gasteiger partial charge in [0.25, 0.3) is 0 Å². The van der Waals surface area contributed by atoms with Crippen LogP contribution < -0.4 is 10.6 Å². The Bertz CT molecular complexity index is 286. The van der Waals surface area contributed by atoms with Crippen LogP contribution in [0.2, 0.25) is 0 Å². The molecule has 0 spiro atoms. The van der Waals surface area contributed by atoms with Gasteiger partial charge in [0.2, 0.25) is 5.91 Å². The second kappa shape index (κ2) is 7.52. The molecular weight excluding hydrogens is 228 g/mol. The lowest BCUT2D eigenvalue weighted by Gasteiger charge is -2.26. The molecule has 0 heterocycles. The Hall–Kier alpha value is -0.900. The van der Waals surface area contributed by atoms with Gasteiger partial charge in [-0.05, 0) is 12.8 Å². The molecule has 2 atom stereocenters. The smallest absolute Gasteiger partial charge is 0.237 e. The van der Waals surface area contributed by atoms with Crippen molar-refractivity contribution >= 4 is 11.7 Å². The van der Waals surface area contributed by atoms with Gasteiger partial charge < -0.3 is 10.6 Å². The molecule has 1 unspecified atom stereocenters. The van der Waals surface area contributed by atoms with Crippen LogP contribution in [-0.4, -0.2) is 29.8 Å². The van der Waals surface area contributed by atoms with Crippen LogP contribution in [0.5, 0.6) is 0 Å². The molecule has 0 bridgehead atoms. The first-order chi connectivity index (χ1) is 8.16. The summed E-state index contributed by atoms with van der Waals surface area (Å²) in [6.07, 6.45) is 0. The first-order valence-corrected chi connectivity index (χ1v) is 6.77. The molecule has 4 heteroatoms. The predicted octanol–water partition coefficient (Wildman–Crippen LogP) is 1.74. The minimum absolute atomic E-state index is 0.0594. The van der Waals surface area contributed by atoms with Crippen LogP contribution in [0.1, 0.15) is 48.5 Å². The molecule has 0 saturated heterocycles. The van der Waals surface area contributed by atoms with Gasteiger partial charge in [0.15, 0.2) is 5.78 Å². The van der Waals surface area contributed by atoms with Crippen LogP contribution in [0.15, 0.2) is 0 Å². The fraction of sp³-hybridized carbons (Fsp3) is 0.857. The number of nitrogens with one attached hydrogen (secondary N) is 2. The monoisotopic (exact) mass is 256 g/mol. The Morgan fingerprint density at radius 2 is 1.39 bits per heavy atom. The van der Waals surface area contributed by atoms with Gasteiger partial charge in [0.1, 0.15) is 0 Å². The van der Waals surface area contributed by atoms with Crippen molar-refractivity contribution in [1.82, 2.24) is 10.6 Å². The maximum absolute atomic E-state index is 12.1. The molecule has 1 amide bonds. The molecule has 0 radical (unpaired) electrons. The number of hydrogen-bond donors (Lipinski definition) is 2. The van der Waals surface area contributed by atoms with E-state index in [1.165, 1.54) is 0 Å². The molecule has 0 aromatic rings. The Balaban J connectivity index is 4.56. The lowest BCUT2D eigenvalue weighted by molar-refractivity contribution is -0.130. The molecule has 0 aromatic heterocycles. The van der Waals surface area contributed by atoms with Crippen LogP contribution in [0, 0.1) is 11.8 Å². The van der Waals surface area contributed by atoms with Gasteiger partial charge in [-0.2, -0.15) is 0 Å². The zero-order valence-electron chi connectivity index (χ0n) is 12.7. The van der Waals surface area contributed by atoms with Crippen LogP contribution in [0.3, 0.4) is 0 Å². The summed E-state index contributed by atoms with van der Waals surface area (Å²) in [5.41, 5.74) is 0. The third-order valence-corrected chi connectivity index (χ3v) is 2.82. The highest BCUT2D eigenvalue weighted by atomic mass is 16.2. The van der Waals surface area contributed by atoms with E-state index in [9.17, 15) is 9.59 Å². The van der Waals surface area contributed by atoms with Gasteiger partial charge in [0, 0.05) is 12.0 Å². The maximum Gasteiger partial charge on any atom is 0.237 e. The van der Waals surface area contributed by atoms with E-state index in [4.69, 9.17) is 0 Å². The molecule has 0 rings (SSSR count). The lowest BCUT2D eigenvalue weighted by Crippen LogP contribution is -2.53. The van der Waals surface area contributed by atoms with Crippen molar-refractivity contribution in [1.29, 1.82) is 0 Å². The highest BCUT2D eigenvalue weighted by molar-refractivity contribution is 5.91. The number of carbonyl (C=O) groups is 2. The van der Waals surface area contributed by atoms with E-state index in [2.05, 4.69) is 10.6 Å². The number of hydrogen-bond acceptors (Lipinski definition) is 3. The van der Waals surface area contributed by atoms with Crippen molar-refractivity contribution in [2.45, 2.75) is 66.6 Å². The van der Waals surface area contributed by atoms with Crippen LogP contribution in [-0.2, 0) is 9.59 Å². The fourth-order valence-corrected chi connectivity index (χ4v) is 1.80. The average molecular weight is 256 g/mol. The van der Waals surface area contributed by atoms with Crippen molar-refractivity contribution < 1.29 is 9.59 Å².